The van der Waals surface area contributed by atoms with Crippen LogP contribution < -0.4 is 10.1 Å². The first-order chi connectivity index (χ1) is 16.6. The number of amides is 1. The Kier molecular flexibility index (Phi) is 9.80. The van der Waals surface area contributed by atoms with E-state index in [1.807, 2.05) is 26.0 Å². The van der Waals surface area contributed by atoms with Gasteiger partial charge in [0.25, 0.3) is 0 Å². The summed E-state index contributed by atoms with van der Waals surface area (Å²) in [7, 11) is 0. The van der Waals surface area contributed by atoms with Crippen LogP contribution in [0.4, 0.5) is 0 Å². The van der Waals surface area contributed by atoms with E-state index in [-0.39, 0.29) is 23.5 Å². The molecule has 4 nitrogen and oxygen atoms in total. The van der Waals surface area contributed by atoms with Gasteiger partial charge in [-0.25, -0.2) is 0 Å². The molecule has 1 aliphatic heterocycles. The van der Waals surface area contributed by atoms with E-state index >= 15 is 0 Å². The van der Waals surface area contributed by atoms with Crippen LogP contribution in [0.25, 0.3) is 0 Å². The van der Waals surface area contributed by atoms with Crippen LogP contribution in [0.5, 0.6) is 5.75 Å². The molecule has 3 atom stereocenters. The lowest BCUT2D eigenvalue weighted by atomic mass is 9.75. The molecule has 2 aromatic carbocycles. The molecular weight excluding hydrogens is 434 g/mol. The van der Waals surface area contributed by atoms with Crippen molar-refractivity contribution in [3.8, 4) is 5.75 Å². The number of benzene rings is 2. The Balaban J connectivity index is 1.60. The van der Waals surface area contributed by atoms with E-state index in [9.17, 15) is 4.79 Å². The Morgan fingerprint density at radius 3 is 2.31 bits per heavy atom. The Morgan fingerprint density at radius 2 is 1.71 bits per heavy atom. The molecule has 0 saturated carbocycles. The maximum atomic E-state index is 13.0. The minimum atomic E-state index is -0.0839. The normalized spacial score (nSPS) is 19.4. The van der Waals surface area contributed by atoms with Crippen molar-refractivity contribution in [2.24, 2.45) is 11.8 Å². The first kappa shape index (κ1) is 27.3. The number of carbonyl (C=O) groups is 1. The smallest absolute Gasteiger partial charge is 0.220 e. The molecule has 3 rings (SSSR count). The molecule has 1 fully saturated rings. The molecule has 1 amide bonds. The lowest BCUT2D eigenvalue weighted by Gasteiger charge is -2.39. The summed E-state index contributed by atoms with van der Waals surface area (Å²) in [6, 6.07) is 19.0. The van der Waals surface area contributed by atoms with Crippen LogP contribution in [0.3, 0.4) is 0 Å². The molecule has 0 spiro atoms. The predicted molar refractivity (Wildman–Crippen MR) is 144 cm³/mol. The number of nitrogens with one attached hydrogen (secondary N) is 1. The lowest BCUT2D eigenvalue weighted by molar-refractivity contribution is -0.121. The molecule has 0 aliphatic carbocycles. The largest absolute Gasteiger partial charge is 0.491 e. The quantitative estimate of drug-likeness (QED) is 0.374. The van der Waals surface area contributed by atoms with E-state index in [0.29, 0.717) is 30.7 Å². The van der Waals surface area contributed by atoms with Gasteiger partial charge in [0.05, 0.1) is 11.7 Å². The van der Waals surface area contributed by atoms with E-state index in [0.717, 1.165) is 31.6 Å². The lowest BCUT2D eigenvalue weighted by Crippen LogP contribution is -2.37. The van der Waals surface area contributed by atoms with E-state index in [1.54, 1.807) is 0 Å². The fraction of sp³-hybridized carbons (Fsp3) is 0.581. The second-order valence-electron chi connectivity index (χ2n) is 11.3. The van der Waals surface area contributed by atoms with Crippen LogP contribution in [0.2, 0.25) is 0 Å². The highest BCUT2D eigenvalue weighted by atomic mass is 16.5. The molecule has 0 aromatic heterocycles. The Morgan fingerprint density at radius 1 is 1.03 bits per heavy atom. The van der Waals surface area contributed by atoms with Gasteiger partial charge < -0.3 is 14.8 Å². The molecule has 0 bridgehead atoms. The van der Waals surface area contributed by atoms with Crippen molar-refractivity contribution in [1.82, 2.24) is 5.32 Å². The fourth-order valence-corrected chi connectivity index (χ4v) is 5.44. The zero-order valence-corrected chi connectivity index (χ0v) is 22.6. The maximum Gasteiger partial charge on any atom is 0.220 e. The van der Waals surface area contributed by atoms with Gasteiger partial charge in [-0.2, -0.15) is 0 Å². The minimum absolute atomic E-state index is 0.0839. The molecule has 4 heteroatoms. The monoisotopic (exact) mass is 479 g/mol. The maximum absolute atomic E-state index is 13.0. The summed E-state index contributed by atoms with van der Waals surface area (Å²) >= 11 is 0. The highest BCUT2D eigenvalue weighted by Gasteiger charge is 2.34. The van der Waals surface area contributed by atoms with Crippen molar-refractivity contribution in [2.45, 2.75) is 90.8 Å². The Labute approximate surface area is 212 Å². The third kappa shape index (κ3) is 8.38. The molecular formula is C31H45NO3. The van der Waals surface area contributed by atoms with Crippen molar-refractivity contribution in [2.75, 3.05) is 13.2 Å². The van der Waals surface area contributed by atoms with Gasteiger partial charge in [-0.3, -0.25) is 4.79 Å². The molecule has 2 aromatic rings. The van der Waals surface area contributed by atoms with Gasteiger partial charge in [-0.15, -0.1) is 0 Å². The number of hydrogen-bond acceptors (Lipinski definition) is 3. The van der Waals surface area contributed by atoms with Crippen LogP contribution >= 0.6 is 0 Å². The van der Waals surface area contributed by atoms with Crippen LogP contribution in [-0.4, -0.2) is 30.8 Å². The molecule has 35 heavy (non-hydrogen) atoms. The molecule has 1 heterocycles. The first-order valence-corrected chi connectivity index (χ1v) is 13.4. The van der Waals surface area contributed by atoms with E-state index in [1.165, 1.54) is 11.1 Å². The van der Waals surface area contributed by atoms with Gasteiger partial charge >= 0.3 is 0 Å². The van der Waals surface area contributed by atoms with Crippen LogP contribution in [-0.2, 0) is 9.53 Å². The van der Waals surface area contributed by atoms with Gasteiger partial charge in [-0.1, -0.05) is 56.3 Å². The number of rotatable bonds is 11. The first-order valence-electron chi connectivity index (χ1n) is 13.4. The summed E-state index contributed by atoms with van der Waals surface area (Å²) in [5.41, 5.74) is 2.48. The van der Waals surface area contributed by atoms with Crippen molar-refractivity contribution < 1.29 is 14.3 Å². The van der Waals surface area contributed by atoms with Crippen LogP contribution in [0, 0.1) is 11.8 Å². The van der Waals surface area contributed by atoms with Crippen molar-refractivity contribution in [1.29, 1.82) is 0 Å². The SMILES string of the molecule is CC(C)Oc1ccc([C@H](CC(=O)NCC[C@H](c2ccccc2)[C@@H]2CCOC(C)(C)C2)C(C)C)cc1. The summed E-state index contributed by atoms with van der Waals surface area (Å²) in [5, 5.41) is 3.24. The third-order valence-corrected chi connectivity index (χ3v) is 7.20. The molecule has 1 saturated heterocycles. The second kappa shape index (κ2) is 12.6. The molecule has 1 N–H and O–H groups in total. The average molecular weight is 480 g/mol. The van der Waals surface area contributed by atoms with E-state index in [2.05, 4.69) is 75.5 Å². The number of carbonyl (C=O) groups excluding carboxylic acids is 1. The summed E-state index contributed by atoms with van der Waals surface area (Å²) < 4.78 is 11.8. The summed E-state index contributed by atoms with van der Waals surface area (Å²) in [4.78, 5) is 13.0. The highest BCUT2D eigenvalue weighted by molar-refractivity contribution is 5.76. The van der Waals surface area contributed by atoms with Crippen LogP contribution in [0.1, 0.15) is 90.2 Å². The summed E-state index contributed by atoms with van der Waals surface area (Å²) in [6.07, 6.45) is 3.72. The average Bonchev–Trinajstić information content (AvgIpc) is 2.80. The second-order valence-corrected chi connectivity index (χ2v) is 11.3. The van der Waals surface area contributed by atoms with Gasteiger partial charge in [0.2, 0.25) is 5.91 Å². The Bertz CT molecular complexity index is 905. The molecule has 0 unspecified atom stereocenters. The molecule has 0 radical (unpaired) electrons. The van der Waals surface area contributed by atoms with Crippen LogP contribution in [0.15, 0.2) is 54.6 Å². The molecule has 192 valence electrons. The fourth-order valence-electron chi connectivity index (χ4n) is 5.44. The topological polar surface area (TPSA) is 47.6 Å². The van der Waals surface area contributed by atoms with Crippen molar-refractivity contribution >= 4 is 5.91 Å². The van der Waals surface area contributed by atoms with Gasteiger partial charge in [-0.05, 0) is 93.9 Å². The standard InChI is InChI=1S/C31H45NO3/c1-22(2)29(25-12-14-27(15-13-25)35-23(3)4)20-30(33)32-18-16-28(24-10-8-7-9-11-24)26-17-19-34-31(5,6)21-26/h7-15,22-23,26,28-29H,16-21H2,1-6H3,(H,32,33)/t26-,28-,29-/m1/s1. The summed E-state index contributed by atoms with van der Waals surface area (Å²) in [5.74, 6) is 2.55. The number of ether oxygens (including phenoxy) is 2. The number of hydrogen-bond donors (Lipinski definition) is 1. The van der Waals surface area contributed by atoms with Crippen molar-refractivity contribution in [3.05, 3.63) is 65.7 Å². The van der Waals surface area contributed by atoms with E-state index in [4.69, 9.17) is 9.47 Å². The summed E-state index contributed by atoms with van der Waals surface area (Å²) in [6.45, 7) is 14.3. The zero-order chi connectivity index (χ0) is 25.4. The Hall–Kier alpha value is -2.33. The predicted octanol–water partition coefficient (Wildman–Crippen LogP) is 7.10. The highest BCUT2D eigenvalue weighted by Crippen LogP contribution is 2.39. The third-order valence-electron chi connectivity index (χ3n) is 7.20. The van der Waals surface area contributed by atoms with Gasteiger partial charge in [0.15, 0.2) is 0 Å². The molecule has 1 aliphatic rings. The van der Waals surface area contributed by atoms with Crippen molar-refractivity contribution in [3.63, 3.8) is 0 Å². The van der Waals surface area contributed by atoms with E-state index < -0.39 is 0 Å². The van der Waals surface area contributed by atoms with Gasteiger partial charge in [0, 0.05) is 19.6 Å². The minimum Gasteiger partial charge on any atom is -0.491 e. The van der Waals surface area contributed by atoms with Gasteiger partial charge in [0.1, 0.15) is 5.75 Å². The zero-order valence-electron chi connectivity index (χ0n) is 22.6.